The van der Waals surface area contributed by atoms with Gasteiger partial charge in [0.05, 0.1) is 15.5 Å². The first-order valence-electron chi connectivity index (χ1n) is 6.90. The van der Waals surface area contributed by atoms with Crippen molar-refractivity contribution in [2.24, 2.45) is 0 Å². The lowest BCUT2D eigenvalue weighted by Gasteiger charge is -1.96. The number of halogens is 1. The molecule has 3 aromatic heterocycles. The predicted octanol–water partition coefficient (Wildman–Crippen LogP) is 3.32. The van der Waals surface area contributed by atoms with Crippen LogP contribution in [-0.2, 0) is 6.54 Å². The molecule has 0 aliphatic carbocycles. The quantitative estimate of drug-likeness (QED) is 0.555. The number of hydrogen-bond donors (Lipinski definition) is 0. The standard InChI is InChI=1S/C15H9ClN4O3S/c16-10-5-2-1-4-9(10)13-18-17-12(22-13)8-20-15(21)23-14(19-20)11-6-3-7-24-11/h1-7H,8H2. The van der Waals surface area contributed by atoms with Crippen molar-refractivity contribution >= 4 is 22.9 Å². The Hall–Kier alpha value is -2.71. The molecule has 24 heavy (non-hydrogen) atoms. The number of nitrogens with zero attached hydrogens (tertiary/aromatic N) is 4. The van der Waals surface area contributed by atoms with E-state index in [1.165, 1.54) is 11.3 Å². The first kappa shape index (κ1) is 14.9. The third kappa shape index (κ3) is 2.77. The van der Waals surface area contributed by atoms with Crippen molar-refractivity contribution < 1.29 is 8.83 Å². The highest BCUT2D eigenvalue weighted by atomic mass is 35.5. The highest BCUT2D eigenvalue weighted by Gasteiger charge is 2.16. The lowest BCUT2D eigenvalue weighted by Crippen LogP contribution is -2.16. The fourth-order valence-electron chi connectivity index (χ4n) is 2.10. The van der Waals surface area contributed by atoms with Gasteiger partial charge in [0.15, 0.2) is 0 Å². The van der Waals surface area contributed by atoms with Gasteiger partial charge in [-0.1, -0.05) is 29.8 Å². The summed E-state index contributed by atoms with van der Waals surface area (Å²) in [5, 5.41) is 14.4. The smallest absolute Gasteiger partial charge is 0.419 e. The Labute approximate surface area is 144 Å². The summed E-state index contributed by atoms with van der Waals surface area (Å²) in [6, 6.07) is 10.8. The Morgan fingerprint density at radius 1 is 1.08 bits per heavy atom. The zero-order chi connectivity index (χ0) is 16.5. The minimum absolute atomic E-state index is 0.0190. The fourth-order valence-corrected chi connectivity index (χ4v) is 2.96. The van der Waals surface area contributed by atoms with E-state index < -0.39 is 5.76 Å². The Bertz CT molecular complexity index is 1040. The molecule has 0 fully saturated rings. The van der Waals surface area contributed by atoms with Crippen LogP contribution in [0.2, 0.25) is 5.02 Å². The monoisotopic (exact) mass is 360 g/mol. The van der Waals surface area contributed by atoms with Gasteiger partial charge in [-0.15, -0.1) is 26.6 Å². The molecule has 4 rings (SSSR count). The Morgan fingerprint density at radius 3 is 2.75 bits per heavy atom. The normalized spacial score (nSPS) is 11.0. The molecule has 3 heterocycles. The fraction of sp³-hybridized carbons (Fsp3) is 0.0667. The maximum absolute atomic E-state index is 11.9. The van der Waals surface area contributed by atoms with Crippen LogP contribution in [0, 0.1) is 0 Å². The van der Waals surface area contributed by atoms with E-state index in [0.717, 1.165) is 9.56 Å². The molecule has 0 N–H and O–H groups in total. The Morgan fingerprint density at radius 2 is 1.96 bits per heavy atom. The average Bonchev–Trinajstić information content (AvgIpc) is 3.30. The summed E-state index contributed by atoms with van der Waals surface area (Å²) in [5.74, 6) is 0.195. The van der Waals surface area contributed by atoms with Crippen LogP contribution in [0.25, 0.3) is 22.2 Å². The summed E-state index contributed by atoms with van der Waals surface area (Å²) >= 11 is 7.54. The molecule has 120 valence electrons. The average molecular weight is 361 g/mol. The second-order valence-corrected chi connectivity index (χ2v) is 6.14. The van der Waals surface area contributed by atoms with Gasteiger partial charge in [0.1, 0.15) is 6.54 Å². The largest absolute Gasteiger partial charge is 0.437 e. The van der Waals surface area contributed by atoms with Gasteiger partial charge in [-0.2, -0.15) is 4.68 Å². The van der Waals surface area contributed by atoms with E-state index in [1.807, 2.05) is 29.6 Å². The van der Waals surface area contributed by atoms with Crippen molar-refractivity contribution in [3.05, 3.63) is 63.2 Å². The van der Waals surface area contributed by atoms with Crippen LogP contribution < -0.4 is 5.76 Å². The molecule has 0 unspecified atom stereocenters. The summed E-state index contributed by atoms with van der Waals surface area (Å²) < 4.78 is 11.8. The maximum atomic E-state index is 11.9. The van der Waals surface area contributed by atoms with Gasteiger partial charge in [0, 0.05) is 0 Å². The van der Waals surface area contributed by atoms with Crippen molar-refractivity contribution in [1.29, 1.82) is 0 Å². The van der Waals surface area contributed by atoms with Crippen LogP contribution in [0.1, 0.15) is 5.89 Å². The van der Waals surface area contributed by atoms with Crippen LogP contribution in [0.4, 0.5) is 0 Å². The highest BCUT2D eigenvalue weighted by molar-refractivity contribution is 7.13. The summed E-state index contributed by atoms with van der Waals surface area (Å²) in [6.45, 7) is 0.0190. The topological polar surface area (TPSA) is 87.0 Å². The first-order valence-corrected chi connectivity index (χ1v) is 8.15. The lowest BCUT2D eigenvalue weighted by atomic mass is 10.2. The molecule has 0 radical (unpaired) electrons. The molecular formula is C15H9ClN4O3S. The maximum Gasteiger partial charge on any atom is 0.437 e. The van der Waals surface area contributed by atoms with E-state index in [9.17, 15) is 4.79 Å². The van der Waals surface area contributed by atoms with E-state index in [0.29, 0.717) is 10.6 Å². The molecule has 0 saturated heterocycles. The SMILES string of the molecule is O=c1oc(-c2cccs2)nn1Cc1nnc(-c2ccccc2Cl)o1. The van der Waals surface area contributed by atoms with Gasteiger partial charge in [-0.25, -0.2) is 4.79 Å². The van der Waals surface area contributed by atoms with Crippen LogP contribution >= 0.6 is 22.9 Å². The van der Waals surface area contributed by atoms with Gasteiger partial charge >= 0.3 is 5.76 Å². The van der Waals surface area contributed by atoms with Crippen molar-refractivity contribution in [3.63, 3.8) is 0 Å². The van der Waals surface area contributed by atoms with Crippen molar-refractivity contribution in [2.45, 2.75) is 6.54 Å². The molecule has 0 spiro atoms. The molecule has 7 nitrogen and oxygen atoms in total. The first-order chi connectivity index (χ1) is 11.7. The molecule has 0 aliphatic heterocycles. The third-order valence-electron chi connectivity index (χ3n) is 3.19. The molecule has 9 heteroatoms. The summed E-state index contributed by atoms with van der Waals surface area (Å²) in [4.78, 5) is 12.7. The summed E-state index contributed by atoms with van der Waals surface area (Å²) in [7, 11) is 0. The minimum atomic E-state index is -0.587. The van der Waals surface area contributed by atoms with Gasteiger partial charge in [0.2, 0.25) is 11.8 Å². The number of benzene rings is 1. The van der Waals surface area contributed by atoms with E-state index in [1.54, 1.807) is 12.1 Å². The molecule has 0 atom stereocenters. The van der Waals surface area contributed by atoms with E-state index in [4.69, 9.17) is 20.4 Å². The molecular weight excluding hydrogens is 352 g/mol. The number of aromatic nitrogens is 4. The van der Waals surface area contributed by atoms with Crippen LogP contribution in [-0.4, -0.2) is 20.0 Å². The van der Waals surface area contributed by atoms with Crippen molar-refractivity contribution in [1.82, 2.24) is 20.0 Å². The summed E-state index contributed by atoms with van der Waals surface area (Å²) in [5.41, 5.74) is 0.629. The minimum Gasteiger partial charge on any atom is -0.419 e. The second kappa shape index (κ2) is 6.06. The zero-order valence-electron chi connectivity index (χ0n) is 12.0. The van der Waals surface area contributed by atoms with Gasteiger partial charge < -0.3 is 8.83 Å². The molecule has 0 bridgehead atoms. The van der Waals surface area contributed by atoms with Crippen LogP contribution in [0.5, 0.6) is 0 Å². The van der Waals surface area contributed by atoms with Crippen LogP contribution in [0.15, 0.2) is 55.4 Å². The second-order valence-electron chi connectivity index (χ2n) is 4.79. The summed E-state index contributed by atoms with van der Waals surface area (Å²) in [6.07, 6.45) is 0. The van der Waals surface area contributed by atoms with E-state index in [2.05, 4.69) is 15.3 Å². The van der Waals surface area contributed by atoms with Gasteiger partial charge in [-0.3, -0.25) is 0 Å². The lowest BCUT2D eigenvalue weighted by molar-refractivity contribution is 0.445. The molecule has 4 aromatic rings. The zero-order valence-corrected chi connectivity index (χ0v) is 13.6. The van der Waals surface area contributed by atoms with Gasteiger partial charge in [0.25, 0.3) is 5.89 Å². The van der Waals surface area contributed by atoms with Gasteiger partial charge in [-0.05, 0) is 23.6 Å². The Balaban J connectivity index is 1.61. The molecule has 0 amide bonds. The Kier molecular flexibility index (Phi) is 3.75. The highest BCUT2D eigenvalue weighted by Crippen LogP contribution is 2.26. The number of thiophene rings is 1. The molecule has 0 aliphatic rings. The van der Waals surface area contributed by atoms with Crippen LogP contribution in [0.3, 0.4) is 0 Å². The van der Waals surface area contributed by atoms with E-state index >= 15 is 0 Å². The van der Waals surface area contributed by atoms with Crippen molar-refractivity contribution in [2.75, 3.05) is 0 Å². The molecule has 1 aromatic carbocycles. The third-order valence-corrected chi connectivity index (χ3v) is 4.38. The number of rotatable bonds is 4. The number of hydrogen-bond acceptors (Lipinski definition) is 7. The molecule has 0 saturated carbocycles. The van der Waals surface area contributed by atoms with Crippen molar-refractivity contribution in [3.8, 4) is 22.2 Å². The predicted molar refractivity (Wildman–Crippen MR) is 87.9 cm³/mol. The van der Waals surface area contributed by atoms with E-state index in [-0.39, 0.29) is 24.2 Å².